The van der Waals surface area contributed by atoms with E-state index in [1.807, 2.05) is 72.2 Å². The normalized spacial score (nSPS) is 10.8. The summed E-state index contributed by atoms with van der Waals surface area (Å²) in [6.07, 6.45) is 3.92. The van der Waals surface area contributed by atoms with Crippen molar-refractivity contribution in [3.05, 3.63) is 93.4 Å². The minimum Gasteiger partial charge on any atom is -0.487 e. The highest BCUT2D eigenvalue weighted by Crippen LogP contribution is 2.18. The second-order valence-corrected chi connectivity index (χ2v) is 7.68. The highest BCUT2D eigenvalue weighted by atomic mass is 127. The molecule has 0 bridgehead atoms. The number of aromatic nitrogens is 2. The number of fused-ring (bicyclic) bond motifs is 1. The Kier molecular flexibility index (Phi) is 5.29. The zero-order valence-electron chi connectivity index (χ0n) is 15.2. The summed E-state index contributed by atoms with van der Waals surface area (Å²) in [5.41, 5.74) is 4.18. The summed E-state index contributed by atoms with van der Waals surface area (Å²) in [6.45, 7) is 2.37. The number of carbonyl (C=O) groups is 1. The van der Waals surface area contributed by atoms with Crippen LogP contribution in [-0.2, 0) is 6.61 Å². The van der Waals surface area contributed by atoms with Gasteiger partial charge in [0.15, 0.2) is 0 Å². The minimum atomic E-state index is -0.171. The van der Waals surface area contributed by atoms with Crippen molar-refractivity contribution < 1.29 is 9.53 Å². The lowest BCUT2D eigenvalue weighted by atomic mass is 10.2. The van der Waals surface area contributed by atoms with Gasteiger partial charge in [0.1, 0.15) is 18.0 Å². The topological polar surface area (TPSA) is 55.6 Å². The molecule has 0 saturated carbocycles. The molecule has 1 N–H and O–H groups in total. The first kappa shape index (κ1) is 18.5. The molecule has 4 aromatic rings. The van der Waals surface area contributed by atoms with Gasteiger partial charge in [-0.2, -0.15) is 0 Å². The lowest BCUT2D eigenvalue weighted by Crippen LogP contribution is -2.12. The number of carbonyl (C=O) groups excluding carboxylic acids is 1. The van der Waals surface area contributed by atoms with E-state index in [1.165, 1.54) is 0 Å². The standard InChI is InChI=1S/C22H18IN3O2/c1-15-4-3-11-26-13-19(24-21(15)26)14-28-20-6-2-5-16(12-20)22(27)25-18-9-7-17(23)8-10-18/h2-13H,14H2,1H3,(H,25,27). The van der Waals surface area contributed by atoms with E-state index in [-0.39, 0.29) is 5.91 Å². The van der Waals surface area contributed by atoms with Gasteiger partial charge >= 0.3 is 0 Å². The lowest BCUT2D eigenvalue weighted by molar-refractivity contribution is 0.102. The summed E-state index contributed by atoms with van der Waals surface area (Å²) >= 11 is 2.23. The lowest BCUT2D eigenvalue weighted by Gasteiger charge is -2.08. The number of nitrogens with zero attached hydrogens (tertiary/aromatic N) is 2. The Labute approximate surface area is 176 Å². The van der Waals surface area contributed by atoms with Crippen molar-refractivity contribution in [2.45, 2.75) is 13.5 Å². The number of hydrogen-bond donors (Lipinski definition) is 1. The van der Waals surface area contributed by atoms with Gasteiger partial charge in [0.25, 0.3) is 5.91 Å². The van der Waals surface area contributed by atoms with Crippen LogP contribution in [0.1, 0.15) is 21.6 Å². The molecule has 0 aliphatic rings. The third-order valence-electron chi connectivity index (χ3n) is 4.31. The molecule has 2 aromatic heterocycles. The average molecular weight is 483 g/mol. The van der Waals surface area contributed by atoms with Gasteiger partial charge in [0, 0.05) is 27.2 Å². The number of nitrogens with one attached hydrogen (secondary N) is 1. The van der Waals surface area contributed by atoms with Crippen LogP contribution in [-0.4, -0.2) is 15.3 Å². The molecule has 0 saturated heterocycles. The number of pyridine rings is 1. The first-order chi connectivity index (χ1) is 13.6. The molecule has 6 heteroatoms. The molecule has 0 atom stereocenters. The Balaban J connectivity index is 1.44. The second kappa shape index (κ2) is 8.02. The van der Waals surface area contributed by atoms with Crippen molar-refractivity contribution in [1.29, 1.82) is 0 Å². The molecule has 0 fully saturated rings. The van der Waals surface area contributed by atoms with Crippen LogP contribution in [0.3, 0.4) is 0 Å². The Morgan fingerprint density at radius 1 is 1.14 bits per heavy atom. The molecular formula is C22H18IN3O2. The fourth-order valence-electron chi connectivity index (χ4n) is 2.89. The number of anilines is 1. The molecule has 0 spiro atoms. The SMILES string of the molecule is Cc1cccn2cc(COc3cccc(C(=O)Nc4ccc(I)cc4)c3)nc12. The van der Waals surface area contributed by atoms with Gasteiger partial charge in [-0.05, 0) is 83.6 Å². The molecule has 5 nitrogen and oxygen atoms in total. The van der Waals surface area contributed by atoms with Gasteiger partial charge in [-0.3, -0.25) is 4.79 Å². The number of benzene rings is 2. The van der Waals surface area contributed by atoms with E-state index in [0.29, 0.717) is 17.9 Å². The molecule has 4 rings (SSSR count). The van der Waals surface area contributed by atoms with Gasteiger partial charge < -0.3 is 14.5 Å². The third-order valence-corrected chi connectivity index (χ3v) is 5.03. The van der Waals surface area contributed by atoms with Crippen LogP contribution in [0.5, 0.6) is 5.75 Å². The van der Waals surface area contributed by atoms with Gasteiger partial charge in [0.05, 0.1) is 5.69 Å². The molecule has 2 aromatic carbocycles. The summed E-state index contributed by atoms with van der Waals surface area (Å²) in [5.74, 6) is 0.457. The van der Waals surface area contributed by atoms with Crippen LogP contribution in [0.15, 0.2) is 73.1 Å². The van der Waals surface area contributed by atoms with Crippen LogP contribution in [0.2, 0.25) is 0 Å². The molecule has 1 amide bonds. The van der Waals surface area contributed by atoms with Crippen LogP contribution < -0.4 is 10.1 Å². The van der Waals surface area contributed by atoms with E-state index in [0.717, 1.165) is 26.2 Å². The van der Waals surface area contributed by atoms with Gasteiger partial charge in [-0.25, -0.2) is 4.98 Å². The number of amides is 1. The summed E-state index contributed by atoms with van der Waals surface area (Å²) in [5, 5.41) is 2.90. The maximum atomic E-state index is 12.5. The zero-order chi connectivity index (χ0) is 19.5. The predicted molar refractivity (Wildman–Crippen MR) is 118 cm³/mol. The van der Waals surface area contributed by atoms with Crippen molar-refractivity contribution in [2.75, 3.05) is 5.32 Å². The molecule has 0 aliphatic heterocycles. The summed E-state index contributed by atoms with van der Waals surface area (Å²) in [4.78, 5) is 17.1. The Morgan fingerprint density at radius 3 is 2.75 bits per heavy atom. The number of hydrogen-bond acceptors (Lipinski definition) is 3. The first-order valence-electron chi connectivity index (χ1n) is 8.81. The average Bonchev–Trinajstić information content (AvgIpc) is 3.13. The molecular weight excluding hydrogens is 465 g/mol. The van der Waals surface area contributed by atoms with Gasteiger partial charge in [-0.1, -0.05) is 12.1 Å². The van der Waals surface area contributed by atoms with Gasteiger partial charge in [-0.15, -0.1) is 0 Å². The fourth-order valence-corrected chi connectivity index (χ4v) is 3.25. The summed E-state index contributed by atoms with van der Waals surface area (Å²) in [6, 6.07) is 18.8. The second-order valence-electron chi connectivity index (χ2n) is 6.43. The molecule has 0 radical (unpaired) electrons. The number of aryl methyl sites for hydroxylation is 1. The Morgan fingerprint density at radius 2 is 1.96 bits per heavy atom. The van der Waals surface area contributed by atoms with Crippen molar-refractivity contribution in [1.82, 2.24) is 9.38 Å². The van der Waals surface area contributed by atoms with E-state index < -0.39 is 0 Å². The largest absolute Gasteiger partial charge is 0.487 e. The van der Waals surface area contributed by atoms with E-state index >= 15 is 0 Å². The number of imidazole rings is 1. The highest BCUT2D eigenvalue weighted by molar-refractivity contribution is 14.1. The first-order valence-corrected chi connectivity index (χ1v) is 9.89. The molecule has 2 heterocycles. The summed E-state index contributed by atoms with van der Waals surface area (Å²) < 4.78 is 8.97. The fraction of sp³-hybridized carbons (Fsp3) is 0.0909. The molecule has 140 valence electrons. The quantitative estimate of drug-likeness (QED) is 0.403. The van der Waals surface area contributed by atoms with E-state index in [2.05, 4.69) is 32.9 Å². The number of halogens is 1. The van der Waals surface area contributed by atoms with Crippen LogP contribution >= 0.6 is 22.6 Å². The minimum absolute atomic E-state index is 0.171. The Hall–Kier alpha value is -2.87. The van der Waals surface area contributed by atoms with E-state index in [4.69, 9.17) is 4.74 Å². The third kappa shape index (κ3) is 4.17. The maximum Gasteiger partial charge on any atom is 0.255 e. The van der Waals surface area contributed by atoms with Crippen LogP contribution in [0.25, 0.3) is 5.65 Å². The number of rotatable bonds is 5. The number of ether oxygens (including phenoxy) is 1. The predicted octanol–water partition coefficient (Wildman–Crippen LogP) is 5.08. The molecule has 28 heavy (non-hydrogen) atoms. The van der Waals surface area contributed by atoms with Gasteiger partial charge in [0.2, 0.25) is 0 Å². The maximum absolute atomic E-state index is 12.5. The van der Waals surface area contributed by atoms with E-state index in [1.54, 1.807) is 12.1 Å². The monoisotopic (exact) mass is 483 g/mol. The van der Waals surface area contributed by atoms with Crippen LogP contribution in [0.4, 0.5) is 5.69 Å². The molecule has 0 aliphatic carbocycles. The Bertz CT molecular complexity index is 1140. The van der Waals surface area contributed by atoms with Crippen molar-refractivity contribution in [2.24, 2.45) is 0 Å². The summed E-state index contributed by atoms with van der Waals surface area (Å²) in [7, 11) is 0. The van der Waals surface area contributed by atoms with Crippen molar-refractivity contribution in [3.8, 4) is 5.75 Å². The van der Waals surface area contributed by atoms with Crippen molar-refractivity contribution >= 4 is 39.8 Å². The smallest absolute Gasteiger partial charge is 0.255 e. The zero-order valence-corrected chi connectivity index (χ0v) is 17.4. The van der Waals surface area contributed by atoms with Crippen LogP contribution in [0, 0.1) is 10.5 Å². The highest BCUT2D eigenvalue weighted by Gasteiger charge is 2.09. The van der Waals surface area contributed by atoms with Crippen molar-refractivity contribution in [3.63, 3.8) is 0 Å². The van der Waals surface area contributed by atoms with E-state index in [9.17, 15) is 4.79 Å². The molecule has 0 unspecified atom stereocenters.